The van der Waals surface area contributed by atoms with E-state index in [-0.39, 0.29) is 0 Å². The van der Waals surface area contributed by atoms with Gasteiger partial charge in [0.1, 0.15) is 0 Å². The maximum Gasteiger partial charge on any atom is 0.216 e. The Morgan fingerprint density at radius 3 is 2.58 bits per heavy atom. The summed E-state index contributed by atoms with van der Waals surface area (Å²) in [7, 11) is 3.15. The molecule has 0 fully saturated rings. The van der Waals surface area contributed by atoms with Crippen LogP contribution in [0, 0.1) is 4.77 Å². The van der Waals surface area contributed by atoms with Gasteiger partial charge in [0.05, 0.1) is 25.5 Å². The van der Waals surface area contributed by atoms with Crippen molar-refractivity contribution in [3.63, 3.8) is 0 Å². The maximum atomic E-state index is 6.17. The molecular formula is C17H14Cl2N4O2S. The van der Waals surface area contributed by atoms with E-state index in [0.29, 0.717) is 37.7 Å². The number of nitrogens with zero attached hydrogens (tertiary/aromatic N) is 3. The predicted molar refractivity (Wildman–Crippen MR) is 105 cm³/mol. The number of benzene rings is 2. The molecule has 26 heavy (non-hydrogen) atoms. The van der Waals surface area contributed by atoms with Crippen LogP contribution in [0.2, 0.25) is 10.0 Å². The molecule has 0 aliphatic rings. The highest BCUT2D eigenvalue weighted by Gasteiger charge is 2.12. The Bertz CT molecular complexity index is 1030. The predicted octanol–water partition coefficient (Wildman–Crippen LogP) is 4.81. The van der Waals surface area contributed by atoms with Crippen molar-refractivity contribution >= 4 is 41.6 Å². The first-order chi connectivity index (χ1) is 12.5. The van der Waals surface area contributed by atoms with Gasteiger partial charge in [-0.3, -0.25) is 0 Å². The van der Waals surface area contributed by atoms with Gasteiger partial charge in [-0.2, -0.15) is 14.9 Å². The molecule has 0 saturated heterocycles. The van der Waals surface area contributed by atoms with E-state index >= 15 is 0 Å². The molecule has 0 spiro atoms. The minimum absolute atomic E-state index is 0.344. The molecule has 0 amide bonds. The molecule has 1 heterocycles. The maximum absolute atomic E-state index is 6.17. The van der Waals surface area contributed by atoms with E-state index in [1.54, 1.807) is 50.8 Å². The second-order valence-electron chi connectivity index (χ2n) is 5.14. The summed E-state index contributed by atoms with van der Waals surface area (Å²) in [6.45, 7) is 0. The lowest BCUT2D eigenvalue weighted by atomic mass is 10.2. The zero-order valence-electron chi connectivity index (χ0n) is 13.9. The van der Waals surface area contributed by atoms with Crippen LogP contribution in [-0.2, 0) is 0 Å². The number of methoxy groups -OCH3 is 2. The smallest absolute Gasteiger partial charge is 0.216 e. The van der Waals surface area contributed by atoms with Gasteiger partial charge < -0.3 is 9.47 Å². The van der Waals surface area contributed by atoms with E-state index in [4.69, 9.17) is 44.9 Å². The van der Waals surface area contributed by atoms with Crippen molar-refractivity contribution in [1.82, 2.24) is 14.9 Å². The summed E-state index contributed by atoms with van der Waals surface area (Å²) >= 11 is 17.4. The number of nitrogens with one attached hydrogen (secondary N) is 1. The van der Waals surface area contributed by atoms with Gasteiger partial charge in [0, 0.05) is 16.1 Å². The Hall–Kier alpha value is -2.35. The van der Waals surface area contributed by atoms with Gasteiger partial charge in [0.15, 0.2) is 17.3 Å². The molecule has 0 saturated carbocycles. The van der Waals surface area contributed by atoms with Crippen LogP contribution in [0.5, 0.6) is 11.5 Å². The molecule has 0 radical (unpaired) electrons. The van der Waals surface area contributed by atoms with Gasteiger partial charge in [0.25, 0.3) is 0 Å². The Labute approximate surface area is 165 Å². The molecule has 0 aliphatic heterocycles. The number of halogens is 2. The van der Waals surface area contributed by atoms with Crippen molar-refractivity contribution in [2.45, 2.75) is 0 Å². The van der Waals surface area contributed by atoms with Crippen LogP contribution < -0.4 is 9.47 Å². The highest BCUT2D eigenvalue weighted by molar-refractivity contribution is 7.71. The third-order valence-corrected chi connectivity index (χ3v) is 4.39. The number of hydrogen-bond donors (Lipinski definition) is 1. The molecule has 1 N–H and O–H groups in total. The Morgan fingerprint density at radius 2 is 1.88 bits per heavy atom. The summed E-state index contributed by atoms with van der Waals surface area (Å²) in [6.07, 6.45) is 1.59. The minimum Gasteiger partial charge on any atom is -0.493 e. The molecule has 1 aromatic heterocycles. The quantitative estimate of drug-likeness (QED) is 0.485. The van der Waals surface area contributed by atoms with Crippen LogP contribution >= 0.6 is 35.4 Å². The van der Waals surface area contributed by atoms with Gasteiger partial charge in [-0.1, -0.05) is 29.3 Å². The van der Waals surface area contributed by atoms with E-state index in [1.807, 2.05) is 6.07 Å². The first kappa shape index (κ1) is 18.4. The highest BCUT2D eigenvalue weighted by atomic mass is 35.5. The Kier molecular flexibility index (Phi) is 5.61. The SMILES string of the molecule is COc1ccc(-c2n[nH]c(=S)n2/N=C\c2ccc(Cl)cc2Cl)cc1OC. The third kappa shape index (κ3) is 3.75. The van der Waals surface area contributed by atoms with Gasteiger partial charge in [-0.15, -0.1) is 0 Å². The summed E-state index contributed by atoms with van der Waals surface area (Å²) < 4.78 is 12.4. The van der Waals surface area contributed by atoms with Crippen molar-refractivity contribution in [2.75, 3.05) is 14.2 Å². The minimum atomic E-state index is 0.344. The van der Waals surface area contributed by atoms with E-state index in [2.05, 4.69) is 15.3 Å². The summed E-state index contributed by atoms with van der Waals surface area (Å²) in [5, 5.41) is 12.4. The van der Waals surface area contributed by atoms with Crippen molar-refractivity contribution in [3.05, 3.63) is 56.8 Å². The van der Waals surface area contributed by atoms with E-state index in [9.17, 15) is 0 Å². The molecule has 2 aromatic carbocycles. The standard InChI is InChI=1S/C17H14Cl2N4O2S/c1-24-14-6-4-10(7-15(14)25-2)16-21-22-17(26)23(16)20-9-11-3-5-12(18)8-13(11)19/h3-9H,1-2H3,(H,22,26)/b20-9-. The fourth-order valence-electron chi connectivity index (χ4n) is 2.29. The summed E-state index contributed by atoms with van der Waals surface area (Å²) in [5.41, 5.74) is 1.46. The summed E-state index contributed by atoms with van der Waals surface area (Å²) in [5.74, 6) is 1.72. The molecular weight excluding hydrogens is 395 g/mol. The van der Waals surface area contributed by atoms with Gasteiger partial charge in [0.2, 0.25) is 4.77 Å². The highest BCUT2D eigenvalue weighted by Crippen LogP contribution is 2.31. The zero-order valence-corrected chi connectivity index (χ0v) is 16.2. The third-order valence-electron chi connectivity index (χ3n) is 3.57. The van der Waals surface area contributed by atoms with E-state index in [0.717, 1.165) is 5.56 Å². The Balaban J connectivity index is 2.02. The zero-order chi connectivity index (χ0) is 18.7. The number of aromatic nitrogens is 3. The number of hydrogen-bond acceptors (Lipinski definition) is 5. The lowest BCUT2D eigenvalue weighted by Crippen LogP contribution is -1.97. The number of H-pyrrole nitrogens is 1. The second-order valence-corrected chi connectivity index (χ2v) is 6.37. The topological polar surface area (TPSA) is 64.4 Å². The Morgan fingerprint density at radius 1 is 1.12 bits per heavy atom. The van der Waals surface area contributed by atoms with Gasteiger partial charge in [-0.25, -0.2) is 5.10 Å². The molecule has 3 aromatic rings. The molecule has 6 nitrogen and oxygen atoms in total. The van der Waals surface area contributed by atoms with Crippen molar-refractivity contribution in [2.24, 2.45) is 5.10 Å². The van der Waals surface area contributed by atoms with Crippen molar-refractivity contribution in [1.29, 1.82) is 0 Å². The first-order valence-electron chi connectivity index (χ1n) is 7.42. The van der Waals surface area contributed by atoms with Crippen molar-refractivity contribution in [3.8, 4) is 22.9 Å². The molecule has 0 atom stereocenters. The normalized spacial score (nSPS) is 11.1. The van der Waals surface area contributed by atoms with Gasteiger partial charge in [-0.05, 0) is 42.5 Å². The van der Waals surface area contributed by atoms with E-state index < -0.39 is 0 Å². The largest absolute Gasteiger partial charge is 0.493 e. The fourth-order valence-corrected chi connectivity index (χ4v) is 2.92. The van der Waals surface area contributed by atoms with Crippen molar-refractivity contribution < 1.29 is 9.47 Å². The summed E-state index contributed by atoms with van der Waals surface area (Å²) in [6, 6.07) is 10.6. The molecule has 0 unspecified atom stereocenters. The average Bonchev–Trinajstić information content (AvgIpc) is 3.01. The van der Waals surface area contributed by atoms with Crippen LogP contribution in [-0.4, -0.2) is 35.3 Å². The van der Waals surface area contributed by atoms with Crippen LogP contribution in [0.15, 0.2) is 41.5 Å². The lowest BCUT2D eigenvalue weighted by molar-refractivity contribution is 0.355. The first-order valence-corrected chi connectivity index (χ1v) is 8.59. The van der Waals surface area contributed by atoms with E-state index in [1.165, 1.54) is 4.68 Å². The number of aromatic amines is 1. The van der Waals surface area contributed by atoms with Crippen LogP contribution in [0.4, 0.5) is 0 Å². The number of ether oxygens (including phenoxy) is 2. The average molecular weight is 409 g/mol. The summed E-state index contributed by atoms with van der Waals surface area (Å²) in [4.78, 5) is 0. The second kappa shape index (κ2) is 7.90. The molecule has 0 aliphatic carbocycles. The van der Waals surface area contributed by atoms with Crippen LogP contribution in [0.25, 0.3) is 11.4 Å². The molecule has 9 heteroatoms. The lowest BCUT2D eigenvalue weighted by Gasteiger charge is -2.09. The fraction of sp³-hybridized carbons (Fsp3) is 0.118. The van der Waals surface area contributed by atoms with Crippen LogP contribution in [0.1, 0.15) is 5.56 Å². The number of rotatable bonds is 5. The van der Waals surface area contributed by atoms with Crippen LogP contribution in [0.3, 0.4) is 0 Å². The molecule has 3 rings (SSSR count). The monoisotopic (exact) mass is 408 g/mol. The van der Waals surface area contributed by atoms with Gasteiger partial charge >= 0.3 is 0 Å². The molecule has 0 bridgehead atoms. The molecule has 134 valence electrons.